The maximum Gasteiger partial charge on any atom is 0.0274 e. The van der Waals surface area contributed by atoms with Crippen LogP contribution in [0.4, 0.5) is 0 Å². The average Bonchev–Trinajstić information content (AvgIpc) is 3.05. The van der Waals surface area contributed by atoms with Crippen molar-refractivity contribution in [2.45, 2.75) is 77.9 Å². The fraction of sp³-hybridized carbons (Fsp3) is 1.00. The Morgan fingerprint density at radius 3 is 2.41 bits per heavy atom. The van der Waals surface area contributed by atoms with Gasteiger partial charge in [-0.05, 0) is 50.6 Å². The van der Waals surface area contributed by atoms with Crippen LogP contribution in [0.1, 0.15) is 59.8 Å². The van der Waals surface area contributed by atoms with E-state index in [0.29, 0.717) is 11.5 Å². The summed E-state index contributed by atoms with van der Waals surface area (Å²) in [6.07, 6.45) is 6.95. The van der Waals surface area contributed by atoms with E-state index in [1.165, 1.54) is 38.6 Å². The van der Waals surface area contributed by atoms with E-state index in [2.05, 4.69) is 37.9 Å². The van der Waals surface area contributed by atoms with Crippen molar-refractivity contribution in [1.82, 2.24) is 10.2 Å². The predicted octanol–water partition coefficient (Wildman–Crippen LogP) is 3.03. The van der Waals surface area contributed by atoms with Crippen LogP contribution in [0.2, 0.25) is 0 Å². The molecule has 100 valence electrons. The van der Waals surface area contributed by atoms with Gasteiger partial charge >= 0.3 is 0 Å². The average molecular weight is 238 g/mol. The lowest BCUT2D eigenvalue weighted by Gasteiger charge is -2.38. The number of likely N-dealkylation sites (N-methyl/N-ethyl adjacent to an activating group) is 1. The molecule has 2 nitrogen and oxygen atoms in total. The largest absolute Gasteiger partial charge is 0.312 e. The topological polar surface area (TPSA) is 15.3 Å². The second kappa shape index (κ2) is 5.27. The van der Waals surface area contributed by atoms with E-state index in [-0.39, 0.29) is 0 Å². The molecule has 0 spiro atoms. The summed E-state index contributed by atoms with van der Waals surface area (Å²) in [7, 11) is 0. The Morgan fingerprint density at radius 1 is 1.18 bits per heavy atom. The van der Waals surface area contributed by atoms with E-state index in [1.54, 1.807) is 0 Å². The van der Waals surface area contributed by atoms with Crippen molar-refractivity contribution < 1.29 is 0 Å². The molecule has 2 aliphatic carbocycles. The highest BCUT2D eigenvalue weighted by Gasteiger charge is 2.46. The Bertz CT molecular complexity index is 245. The third-order valence-corrected chi connectivity index (χ3v) is 4.66. The predicted molar refractivity (Wildman–Crippen MR) is 74.3 cm³/mol. The molecule has 17 heavy (non-hydrogen) atoms. The van der Waals surface area contributed by atoms with Crippen LogP contribution in [-0.2, 0) is 0 Å². The van der Waals surface area contributed by atoms with Crippen molar-refractivity contribution in [3.8, 4) is 0 Å². The Morgan fingerprint density at radius 2 is 1.88 bits per heavy atom. The normalized spacial score (nSPS) is 32.3. The highest BCUT2D eigenvalue weighted by Crippen LogP contribution is 2.43. The van der Waals surface area contributed by atoms with Gasteiger partial charge in [0, 0.05) is 18.1 Å². The lowest BCUT2D eigenvalue weighted by molar-refractivity contribution is 0.137. The van der Waals surface area contributed by atoms with Crippen LogP contribution in [0.3, 0.4) is 0 Å². The summed E-state index contributed by atoms with van der Waals surface area (Å²) in [5.41, 5.74) is 0.474. The molecule has 0 aromatic heterocycles. The Kier molecular flexibility index (Phi) is 4.14. The van der Waals surface area contributed by atoms with Crippen molar-refractivity contribution in [3.63, 3.8) is 0 Å². The monoisotopic (exact) mass is 238 g/mol. The molecule has 2 heteroatoms. The molecule has 0 aromatic rings. The van der Waals surface area contributed by atoms with Crippen LogP contribution in [0.5, 0.6) is 0 Å². The molecule has 2 unspecified atom stereocenters. The zero-order valence-corrected chi connectivity index (χ0v) is 12.1. The first-order valence-corrected chi connectivity index (χ1v) is 7.59. The third kappa shape index (κ3) is 2.85. The lowest BCUT2D eigenvalue weighted by atomic mass is 9.86. The van der Waals surface area contributed by atoms with Gasteiger partial charge in [-0.3, -0.25) is 4.90 Å². The molecule has 2 aliphatic rings. The summed E-state index contributed by atoms with van der Waals surface area (Å²) in [4.78, 5) is 2.82. The van der Waals surface area contributed by atoms with Gasteiger partial charge in [-0.15, -0.1) is 0 Å². The van der Waals surface area contributed by atoms with Crippen molar-refractivity contribution in [3.05, 3.63) is 0 Å². The summed E-state index contributed by atoms with van der Waals surface area (Å²) in [6.45, 7) is 11.8. The van der Waals surface area contributed by atoms with Crippen LogP contribution >= 0.6 is 0 Å². The first kappa shape index (κ1) is 13.4. The molecule has 0 bridgehead atoms. The summed E-state index contributed by atoms with van der Waals surface area (Å²) >= 11 is 0. The fourth-order valence-electron chi connectivity index (χ4n) is 3.64. The van der Waals surface area contributed by atoms with Gasteiger partial charge in [0.15, 0.2) is 0 Å². The SMILES string of the molecule is CCCN(C1CC1)C1CCC(C)(C)C1NCC. The molecule has 0 amide bonds. The van der Waals surface area contributed by atoms with Crippen LogP contribution in [0.15, 0.2) is 0 Å². The van der Waals surface area contributed by atoms with Crippen LogP contribution in [0.25, 0.3) is 0 Å². The number of nitrogens with zero attached hydrogens (tertiary/aromatic N) is 1. The van der Waals surface area contributed by atoms with Gasteiger partial charge < -0.3 is 5.32 Å². The molecule has 0 heterocycles. The van der Waals surface area contributed by atoms with E-state index in [4.69, 9.17) is 0 Å². The van der Waals surface area contributed by atoms with E-state index in [0.717, 1.165) is 18.6 Å². The molecule has 0 saturated heterocycles. The molecule has 2 atom stereocenters. The molecule has 2 fully saturated rings. The summed E-state index contributed by atoms with van der Waals surface area (Å²) < 4.78 is 0. The minimum atomic E-state index is 0.474. The van der Waals surface area contributed by atoms with Crippen molar-refractivity contribution in [2.24, 2.45) is 5.41 Å². The van der Waals surface area contributed by atoms with Crippen LogP contribution in [-0.4, -0.2) is 36.1 Å². The lowest BCUT2D eigenvalue weighted by Crippen LogP contribution is -2.52. The summed E-state index contributed by atoms with van der Waals surface area (Å²) in [5.74, 6) is 0. The quantitative estimate of drug-likeness (QED) is 0.765. The summed E-state index contributed by atoms with van der Waals surface area (Å²) in [5, 5.41) is 3.76. The number of rotatable bonds is 6. The zero-order chi connectivity index (χ0) is 12.5. The van der Waals surface area contributed by atoms with E-state index in [9.17, 15) is 0 Å². The number of hydrogen-bond acceptors (Lipinski definition) is 2. The smallest absolute Gasteiger partial charge is 0.0274 e. The molecule has 0 radical (unpaired) electrons. The highest BCUT2D eigenvalue weighted by atomic mass is 15.2. The standard InChI is InChI=1S/C15H30N2/c1-5-11-17(12-7-8-12)13-9-10-15(3,4)14(13)16-6-2/h12-14,16H,5-11H2,1-4H3. The molecule has 0 aliphatic heterocycles. The molecule has 2 saturated carbocycles. The fourth-order valence-corrected chi connectivity index (χ4v) is 3.64. The second-order valence-electron chi connectivity index (χ2n) is 6.60. The van der Waals surface area contributed by atoms with Crippen LogP contribution < -0.4 is 5.32 Å². The highest BCUT2D eigenvalue weighted by molar-refractivity contribution is 5.03. The van der Waals surface area contributed by atoms with Crippen molar-refractivity contribution in [2.75, 3.05) is 13.1 Å². The minimum absolute atomic E-state index is 0.474. The molecular formula is C15H30N2. The Hall–Kier alpha value is -0.0800. The van der Waals surface area contributed by atoms with Crippen molar-refractivity contribution in [1.29, 1.82) is 0 Å². The Labute approximate surface area is 107 Å². The van der Waals surface area contributed by atoms with Gasteiger partial charge in [0.25, 0.3) is 0 Å². The van der Waals surface area contributed by atoms with Gasteiger partial charge in [-0.25, -0.2) is 0 Å². The van der Waals surface area contributed by atoms with Gasteiger partial charge in [-0.1, -0.05) is 27.7 Å². The first-order chi connectivity index (χ1) is 8.10. The number of nitrogens with one attached hydrogen (secondary N) is 1. The minimum Gasteiger partial charge on any atom is -0.312 e. The van der Waals surface area contributed by atoms with Crippen molar-refractivity contribution >= 4 is 0 Å². The maximum absolute atomic E-state index is 3.76. The van der Waals surface area contributed by atoms with Gasteiger partial charge in [0.1, 0.15) is 0 Å². The van der Waals surface area contributed by atoms with Gasteiger partial charge in [-0.2, -0.15) is 0 Å². The third-order valence-electron chi connectivity index (χ3n) is 4.66. The molecular weight excluding hydrogens is 208 g/mol. The van der Waals surface area contributed by atoms with E-state index >= 15 is 0 Å². The molecule has 2 rings (SSSR count). The maximum atomic E-state index is 3.76. The zero-order valence-electron chi connectivity index (χ0n) is 12.1. The van der Waals surface area contributed by atoms with E-state index in [1.807, 2.05) is 0 Å². The molecule has 0 aromatic carbocycles. The van der Waals surface area contributed by atoms with Gasteiger partial charge in [0.2, 0.25) is 0 Å². The van der Waals surface area contributed by atoms with Gasteiger partial charge in [0.05, 0.1) is 0 Å². The number of hydrogen-bond donors (Lipinski definition) is 1. The Balaban J connectivity index is 2.06. The van der Waals surface area contributed by atoms with E-state index < -0.39 is 0 Å². The second-order valence-corrected chi connectivity index (χ2v) is 6.60. The first-order valence-electron chi connectivity index (χ1n) is 7.59. The summed E-state index contributed by atoms with van der Waals surface area (Å²) in [6, 6.07) is 2.40. The molecule has 1 N–H and O–H groups in total. The van der Waals surface area contributed by atoms with Crippen LogP contribution in [0, 0.1) is 5.41 Å².